The zero-order valence-corrected chi connectivity index (χ0v) is 14.8. The van der Waals surface area contributed by atoms with Crippen LogP contribution in [0.3, 0.4) is 0 Å². The molecule has 21 heavy (non-hydrogen) atoms. The second kappa shape index (κ2) is 6.05. The minimum Gasteiger partial charge on any atom is -0.385 e. The van der Waals surface area contributed by atoms with E-state index in [4.69, 9.17) is 0 Å². The number of benzene rings is 1. The Morgan fingerprint density at radius 1 is 1.05 bits per heavy atom. The fraction of sp³-hybridized carbons (Fsp3) is 0.176. The lowest BCUT2D eigenvalue weighted by Crippen LogP contribution is -2.24. The number of hydrogen-bond donors (Lipinski definition) is 1. The smallest absolute Gasteiger partial charge is 0.0923 e. The Balaban J connectivity index is 1.92. The summed E-state index contributed by atoms with van der Waals surface area (Å²) >= 11 is 6.84. The van der Waals surface area contributed by atoms with Crippen LogP contribution in [0.4, 0.5) is 0 Å². The molecule has 0 saturated heterocycles. The van der Waals surface area contributed by atoms with Gasteiger partial charge in [-0.05, 0) is 47.5 Å². The van der Waals surface area contributed by atoms with Gasteiger partial charge in [-0.2, -0.15) is 0 Å². The fourth-order valence-corrected chi connectivity index (χ4v) is 4.60. The fourth-order valence-electron chi connectivity index (χ4n) is 2.43. The first-order valence-corrected chi connectivity index (χ1v) is 9.20. The van der Waals surface area contributed by atoms with Crippen LogP contribution in [-0.4, -0.2) is 5.11 Å². The summed E-state index contributed by atoms with van der Waals surface area (Å²) in [5, 5.41) is 15.1. The topological polar surface area (TPSA) is 20.2 Å². The van der Waals surface area contributed by atoms with Crippen molar-refractivity contribution in [1.82, 2.24) is 0 Å². The van der Waals surface area contributed by atoms with E-state index in [2.05, 4.69) is 44.9 Å². The molecular formula is C17H15BrOS2. The minimum absolute atomic E-state index is 0.607. The standard InChI is InChI=1S/C17H15BrOS2/c1-17(19,11-12-4-6-13(18)7-5-12)14-8-10-21-16(14)15-3-2-9-20-15/h2-10,19H,11H2,1H3. The second-order valence-electron chi connectivity index (χ2n) is 5.22. The molecule has 1 unspecified atom stereocenters. The lowest BCUT2D eigenvalue weighted by atomic mass is 9.89. The molecule has 0 aliphatic heterocycles. The van der Waals surface area contributed by atoms with Crippen LogP contribution in [0, 0.1) is 0 Å². The van der Waals surface area contributed by atoms with Gasteiger partial charge in [0.15, 0.2) is 0 Å². The Bertz CT molecular complexity index is 712. The normalized spacial score (nSPS) is 14.0. The quantitative estimate of drug-likeness (QED) is 0.618. The first kappa shape index (κ1) is 15.0. The molecule has 3 aromatic rings. The van der Waals surface area contributed by atoms with Crippen molar-refractivity contribution >= 4 is 38.6 Å². The molecule has 2 heterocycles. The molecule has 2 aromatic heterocycles. The number of rotatable bonds is 4. The number of hydrogen-bond acceptors (Lipinski definition) is 3. The molecule has 1 atom stereocenters. The molecule has 108 valence electrons. The molecule has 0 saturated carbocycles. The average molecular weight is 379 g/mol. The highest BCUT2D eigenvalue weighted by Crippen LogP contribution is 2.39. The summed E-state index contributed by atoms with van der Waals surface area (Å²) in [5.74, 6) is 0. The molecule has 0 amide bonds. The average Bonchev–Trinajstić information content (AvgIpc) is 3.11. The largest absolute Gasteiger partial charge is 0.385 e. The van der Waals surface area contributed by atoms with E-state index >= 15 is 0 Å². The molecule has 1 N–H and O–H groups in total. The molecule has 3 rings (SSSR count). The van der Waals surface area contributed by atoms with Gasteiger partial charge in [0.2, 0.25) is 0 Å². The SMILES string of the molecule is CC(O)(Cc1ccc(Br)cc1)c1ccsc1-c1cccs1. The predicted molar refractivity (Wildman–Crippen MR) is 95.0 cm³/mol. The summed E-state index contributed by atoms with van der Waals surface area (Å²) in [6, 6.07) is 14.3. The Hall–Kier alpha value is -0.940. The second-order valence-corrected chi connectivity index (χ2v) is 8.00. The monoisotopic (exact) mass is 378 g/mol. The molecule has 0 fully saturated rings. The van der Waals surface area contributed by atoms with Gasteiger partial charge >= 0.3 is 0 Å². The van der Waals surface area contributed by atoms with E-state index in [1.54, 1.807) is 22.7 Å². The number of aliphatic hydroxyl groups is 1. The highest BCUT2D eigenvalue weighted by Gasteiger charge is 2.28. The van der Waals surface area contributed by atoms with Crippen LogP contribution in [0.25, 0.3) is 9.75 Å². The third kappa shape index (κ3) is 3.29. The maximum absolute atomic E-state index is 11.0. The van der Waals surface area contributed by atoms with Gasteiger partial charge in [-0.15, -0.1) is 22.7 Å². The molecule has 1 nitrogen and oxygen atoms in total. The van der Waals surface area contributed by atoms with E-state index in [9.17, 15) is 5.11 Å². The van der Waals surface area contributed by atoms with Gasteiger partial charge in [0.1, 0.15) is 0 Å². The van der Waals surface area contributed by atoms with Crippen LogP contribution in [0.15, 0.2) is 57.7 Å². The molecule has 0 bridgehead atoms. The van der Waals surface area contributed by atoms with Crippen LogP contribution in [0.1, 0.15) is 18.1 Å². The van der Waals surface area contributed by atoms with Crippen LogP contribution in [0.5, 0.6) is 0 Å². The maximum atomic E-state index is 11.0. The highest BCUT2D eigenvalue weighted by molar-refractivity contribution is 9.10. The van der Waals surface area contributed by atoms with Crippen molar-refractivity contribution in [2.75, 3.05) is 0 Å². The van der Waals surface area contributed by atoms with Crippen molar-refractivity contribution < 1.29 is 5.11 Å². The third-order valence-electron chi connectivity index (χ3n) is 3.45. The Kier molecular flexibility index (Phi) is 4.31. The maximum Gasteiger partial charge on any atom is 0.0923 e. The molecule has 4 heteroatoms. The minimum atomic E-state index is -0.868. The lowest BCUT2D eigenvalue weighted by Gasteiger charge is -2.24. The Morgan fingerprint density at radius 2 is 1.81 bits per heavy atom. The summed E-state index contributed by atoms with van der Waals surface area (Å²) in [7, 11) is 0. The summed E-state index contributed by atoms with van der Waals surface area (Å²) < 4.78 is 1.06. The molecule has 0 radical (unpaired) electrons. The van der Waals surface area contributed by atoms with Crippen LogP contribution >= 0.6 is 38.6 Å². The first-order valence-electron chi connectivity index (χ1n) is 6.65. The zero-order chi connectivity index (χ0) is 14.9. The van der Waals surface area contributed by atoms with Gasteiger partial charge < -0.3 is 5.11 Å². The van der Waals surface area contributed by atoms with Gasteiger partial charge in [0.05, 0.1) is 10.5 Å². The molecule has 0 spiro atoms. The van der Waals surface area contributed by atoms with E-state index in [-0.39, 0.29) is 0 Å². The van der Waals surface area contributed by atoms with Crippen LogP contribution < -0.4 is 0 Å². The third-order valence-corrected chi connectivity index (χ3v) is 5.94. The van der Waals surface area contributed by atoms with E-state index in [1.807, 2.05) is 31.2 Å². The number of halogens is 1. The summed E-state index contributed by atoms with van der Waals surface area (Å²) in [6.07, 6.45) is 0.607. The van der Waals surface area contributed by atoms with Crippen molar-refractivity contribution in [3.63, 3.8) is 0 Å². The first-order chi connectivity index (χ1) is 10.1. The molecular weight excluding hydrogens is 364 g/mol. The Morgan fingerprint density at radius 3 is 2.48 bits per heavy atom. The van der Waals surface area contributed by atoms with Gasteiger partial charge in [-0.1, -0.05) is 34.1 Å². The predicted octanol–water partition coefficient (Wildman–Crippen LogP) is 5.69. The van der Waals surface area contributed by atoms with Gasteiger partial charge in [-0.25, -0.2) is 0 Å². The summed E-state index contributed by atoms with van der Waals surface area (Å²) in [4.78, 5) is 2.39. The Labute approximate surface area is 141 Å². The summed E-state index contributed by atoms with van der Waals surface area (Å²) in [5.41, 5.74) is 1.28. The van der Waals surface area contributed by atoms with E-state index < -0.39 is 5.60 Å². The van der Waals surface area contributed by atoms with Crippen LogP contribution in [-0.2, 0) is 12.0 Å². The van der Waals surface area contributed by atoms with Crippen molar-refractivity contribution in [2.45, 2.75) is 18.9 Å². The van der Waals surface area contributed by atoms with Crippen molar-refractivity contribution in [2.24, 2.45) is 0 Å². The van der Waals surface area contributed by atoms with Crippen molar-refractivity contribution in [1.29, 1.82) is 0 Å². The highest BCUT2D eigenvalue weighted by atomic mass is 79.9. The lowest BCUT2D eigenvalue weighted by molar-refractivity contribution is 0.0586. The van der Waals surface area contributed by atoms with Gasteiger partial charge in [-0.3, -0.25) is 0 Å². The van der Waals surface area contributed by atoms with Crippen molar-refractivity contribution in [3.05, 3.63) is 68.8 Å². The van der Waals surface area contributed by atoms with Gasteiger partial charge in [0, 0.05) is 21.3 Å². The number of thiophene rings is 2. The molecule has 0 aliphatic rings. The molecule has 1 aromatic carbocycles. The van der Waals surface area contributed by atoms with Gasteiger partial charge in [0.25, 0.3) is 0 Å². The summed E-state index contributed by atoms with van der Waals surface area (Å²) in [6.45, 7) is 1.90. The van der Waals surface area contributed by atoms with Crippen molar-refractivity contribution in [3.8, 4) is 9.75 Å². The van der Waals surface area contributed by atoms with E-state index in [1.165, 1.54) is 9.75 Å². The van der Waals surface area contributed by atoms with Crippen LogP contribution in [0.2, 0.25) is 0 Å². The van der Waals surface area contributed by atoms with E-state index in [0.717, 1.165) is 15.6 Å². The molecule has 0 aliphatic carbocycles. The zero-order valence-electron chi connectivity index (χ0n) is 11.5. The van der Waals surface area contributed by atoms with E-state index in [0.29, 0.717) is 6.42 Å².